The molecule has 0 aromatic carbocycles. The first-order valence-electron chi connectivity index (χ1n) is 6.46. The Balaban J connectivity index is 2.60. The lowest BCUT2D eigenvalue weighted by Crippen LogP contribution is -2.24. The Hall–Kier alpha value is -0.380. The van der Waals surface area contributed by atoms with Crippen molar-refractivity contribution >= 4 is 11.3 Å². The molecule has 3 heteroatoms. The van der Waals surface area contributed by atoms with Gasteiger partial charge in [0.2, 0.25) is 0 Å². The Labute approximate surface area is 109 Å². The minimum atomic E-state index is 0.485. The largest absolute Gasteiger partial charge is 0.384 e. The molecule has 0 aliphatic heterocycles. The van der Waals surface area contributed by atoms with Gasteiger partial charge in [-0.15, -0.1) is 11.3 Å². The van der Waals surface area contributed by atoms with Gasteiger partial charge in [-0.05, 0) is 44.4 Å². The number of hydrogen-bond acceptors (Lipinski definition) is 3. The number of methoxy groups -OCH3 is 1. The van der Waals surface area contributed by atoms with E-state index in [1.807, 2.05) is 11.3 Å². The van der Waals surface area contributed by atoms with Gasteiger partial charge in [0.15, 0.2) is 0 Å². The predicted octanol–water partition coefficient (Wildman–Crippen LogP) is 3.77. The predicted molar refractivity (Wildman–Crippen MR) is 75.7 cm³/mol. The van der Waals surface area contributed by atoms with Crippen LogP contribution in [-0.2, 0) is 4.74 Å². The molecule has 1 heterocycles. The molecule has 0 bridgehead atoms. The number of aryl methyl sites for hydroxylation is 1. The minimum Gasteiger partial charge on any atom is -0.384 e. The van der Waals surface area contributed by atoms with Gasteiger partial charge in [0.1, 0.15) is 0 Å². The van der Waals surface area contributed by atoms with E-state index in [1.165, 1.54) is 16.2 Å². The van der Waals surface area contributed by atoms with E-state index >= 15 is 0 Å². The minimum absolute atomic E-state index is 0.485. The van der Waals surface area contributed by atoms with Crippen molar-refractivity contribution in [1.29, 1.82) is 0 Å². The fourth-order valence-electron chi connectivity index (χ4n) is 2.01. The van der Waals surface area contributed by atoms with Crippen molar-refractivity contribution in [2.45, 2.75) is 39.7 Å². The van der Waals surface area contributed by atoms with E-state index in [2.05, 4.69) is 38.2 Å². The average molecular weight is 255 g/mol. The topological polar surface area (TPSA) is 21.3 Å². The summed E-state index contributed by atoms with van der Waals surface area (Å²) in [4.78, 5) is 2.85. The van der Waals surface area contributed by atoms with Crippen LogP contribution in [0.3, 0.4) is 0 Å². The Bertz CT molecular complexity index is 311. The third-order valence-corrected chi connectivity index (χ3v) is 3.95. The van der Waals surface area contributed by atoms with Crippen LogP contribution < -0.4 is 5.32 Å². The summed E-state index contributed by atoms with van der Waals surface area (Å²) >= 11 is 1.90. The Kier molecular flexibility index (Phi) is 6.78. The molecular formula is C14H25NOS. The summed E-state index contributed by atoms with van der Waals surface area (Å²) in [6, 6.07) is 4.95. The summed E-state index contributed by atoms with van der Waals surface area (Å²) < 4.78 is 5.23. The highest BCUT2D eigenvalue weighted by Gasteiger charge is 2.16. The normalized spacial score (nSPS) is 14.8. The van der Waals surface area contributed by atoms with Gasteiger partial charge in [-0.3, -0.25) is 0 Å². The molecule has 0 spiro atoms. The first-order valence-corrected chi connectivity index (χ1v) is 7.27. The van der Waals surface area contributed by atoms with Crippen LogP contribution in [-0.4, -0.2) is 20.3 Å². The highest BCUT2D eigenvalue weighted by Crippen LogP contribution is 2.27. The van der Waals surface area contributed by atoms with Crippen molar-refractivity contribution in [1.82, 2.24) is 5.32 Å². The molecule has 2 nitrogen and oxygen atoms in total. The van der Waals surface area contributed by atoms with Gasteiger partial charge < -0.3 is 10.1 Å². The molecule has 0 amide bonds. The van der Waals surface area contributed by atoms with Crippen molar-refractivity contribution < 1.29 is 4.74 Å². The van der Waals surface area contributed by atoms with Crippen molar-refractivity contribution in [3.8, 4) is 0 Å². The van der Waals surface area contributed by atoms with Gasteiger partial charge in [0.25, 0.3) is 0 Å². The average Bonchev–Trinajstić information content (AvgIpc) is 2.71. The quantitative estimate of drug-likeness (QED) is 0.763. The lowest BCUT2D eigenvalue weighted by atomic mass is 10.0. The molecule has 0 saturated carbocycles. The second-order valence-corrected chi connectivity index (χ2v) is 6.07. The van der Waals surface area contributed by atoms with Gasteiger partial charge in [-0.25, -0.2) is 0 Å². The van der Waals surface area contributed by atoms with Crippen molar-refractivity contribution in [2.75, 3.05) is 20.3 Å². The molecule has 1 aromatic rings. The van der Waals surface area contributed by atoms with Crippen LogP contribution >= 0.6 is 11.3 Å². The summed E-state index contributed by atoms with van der Waals surface area (Å²) in [5.74, 6) is 0.594. The summed E-state index contributed by atoms with van der Waals surface area (Å²) in [5.41, 5.74) is 0. The first-order chi connectivity index (χ1) is 8.17. The zero-order valence-electron chi connectivity index (χ0n) is 11.5. The van der Waals surface area contributed by atoms with E-state index < -0.39 is 0 Å². The van der Waals surface area contributed by atoms with Gasteiger partial charge in [0.05, 0.1) is 0 Å². The van der Waals surface area contributed by atoms with E-state index in [9.17, 15) is 0 Å². The lowest BCUT2D eigenvalue weighted by Gasteiger charge is -2.21. The fourth-order valence-corrected chi connectivity index (χ4v) is 2.98. The molecule has 2 unspecified atom stereocenters. The van der Waals surface area contributed by atoms with Crippen molar-refractivity contribution in [3.63, 3.8) is 0 Å². The molecule has 0 saturated heterocycles. The Morgan fingerprint density at radius 1 is 1.41 bits per heavy atom. The molecule has 0 radical (unpaired) electrons. The molecule has 98 valence electrons. The summed E-state index contributed by atoms with van der Waals surface area (Å²) in [6.45, 7) is 8.56. The summed E-state index contributed by atoms with van der Waals surface area (Å²) in [6.07, 6.45) is 2.33. The van der Waals surface area contributed by atoms with Crippen molar-refractivity contribution in [2.24, 2.45) is 5.92 Å². The van der Waals surface area contributed by atoms with Gasteiger partial charge in [-0.2, -0.15) is 0 Å². The van der Waals surface area contributed by atoms with Crippen LogP contribution in [0.15, 0.2) is 12.1 Å². The number of thiophene rings is 1. The van der Waals surface area contributed by atoms with Crippen LogP contribution in [0.5, 0.6) is 0 Å². The van der Waals surface area contributed by atoms with Crippen LogP contribution in [0.25, 0.3) is 0 Å². The highest BCUT2D eigenvalue weighted by atomic mass is 32.1. The SMILES string of the molecule is CCCNC(CC(C)COC)c1ccc(C)s1. The van der Waals surface area contributed by atoms with Crippen LogP contribution in [0.2, 0.25) is 0 Å². The number of hydrogen-bond donors (Lipinski definition) is 1. The first kappa shape index (κ1) is 14.7. The molecule has 0 aliphatic carbocycles. The van der Waals surface area contributed by atoms with Gasteiger partial charge in [0, 0.05) is 29.5 Å². The molecule has 0 fully saturated rings. The third kappa shape index (κ3) is 5.19. The van der Waals surface area contributed by atoms with E-state index in [1.54, 1.807) is 7.11 Å². The Morgan fingerprint density at radius 2 is 2.18 bits per heavy atom. The number of rotatable bonds is 8. The van der Waals surface area contributed by atoms with Gasteiger partial charge >= 0.3 is 0 Å². The summed E-state index contributed by atoms with van der Waals surface area (Å²) in [7, 11) is 1.78. The highest BCUT2D eigenvalue weighted by molar-refractivity contribution is 7.12. The third-order valence-electron chi connectivity index (χ3n) is 2.83. The van der Waals surface area contributed by atoms with E-state index in [0.717, 1.165) is 19.6 Å². The Morgan fingerprint density at radius 3 is 2.71 bits per heavy atom. The lowest BCUT2D eigenvalue weighted by molar-refractivity contribution is 0.149. The zero-order valence-corrected chi connectivity index (χ0v) is 12.3. The maximum Gasteiger partial charge on any atom is 0.0488 e. The van der Waals surface area contributed by atoms with Gasteiger partial charge in [-0.1, -0.05) is 13.8 Å². The molecule has 1 rings (SSSR count). The van der Waals surface area contributed by atoms with Crippen LogP contribution in [0.4, 0.5) is 0 Å². The monoisotopic (exact) mass is 255 g/mol. The molecule has 0 aliphatic rings. The molecule has 1 N–H and O–H groups in total. The maximum absolute atomic E-state index is 5.23. The van der Waals surface area contributed by atoms with E-state index in [4.69, 9.17) is 4.74 Å². The number of ether oxygens (including phenoxy) is 1. The summed E-state index contributed by atoms with van der Waals surface area (Å²) in [5, 5.41) is 3.64. The molecule has 17 heavy (non-hydrogen) atoms. The van der Waals surface area contributed by atoms with Crippen LogP contribution in [0.1, 0.15) is 42.5 Å². The maximum atomic E-state index is 5.23. The molecule has 2 atom stereocenters. The smallest absolute Gasteiger partial charge is 0.0488 e. The standard InChI is InChI=1S/C14H25NOS/c1-5-8-15-13(9-11(2)10-16-4)14-7-6-12(3)17-14/h6-7,11,13,15H,5,8-10H2,1-4H3. The van der Waals surface area contributed by atoms with Crippen LogP contribution in [0, 0.1) is 12.8 Å². The fraction of sp³-hybridized carbons (Fsp3) is 0.714. The zero-order chi connectivity index (χ0) is 12.7. The number of nitrogens with one attached hydrogen (secondary N) is 1. The molecular weight excluding hydrogens is 230 g/mol. The van der Waals surface area contributed by atoms with E-state index in [-0.39, 0.29) is 0 Å². The van der Waals surface area contributed by atoms with Crippen molar-refractivity contribution in [3.05, 3.63) is 21.9 Å². The van der Waals surface area contributed by atoms with E-state index in [0.29, 0.717) is 12.0 Å². The molecule has 1 aromatic heterocycles. The second kappa shape index (κ2) is 7.85. The second-order valence-electron chi connectivity index (χ2n) is 4.75.